The molecule has 0 bridgehead atoms. The molecule has 0 fully saturated rings. The Morgan fingerprint density at radius 2 is 0.803 bits per heavy atom. The fourth-order valence-corrected chi connectivity index (χ4v) is 9.79. The van der Waals surface area contributed by atoms with Crippen molar-refractivity contribution in [1.82, 2.24) is 0 Å². The molecule has 0 unspecified atom stereocenters. The van der Waals surface area contributed by atoms with Crippen molar-refractivity contribution in [2.75, 3.05) is 4.90 Å². The number of hydrogen-bond donors (Lipinski definition) is 0. The van der Waals surface area contributed by atoms with Crippen LogP contribution in [0.5, 0.6) is 0 Å². The molecule has 0 saturated carbocycles. The minimum absolute atomic E-state index is 0.0577. The van der Waals surface area contributed by atoms with E-state index in [1.165, 1.54) is 33.4 Å². The third-order valence-corrected chi connectivity index (χ3v) is 12.5. The summed E-state index contributed by atoms with van der Waals surface area (Å²) in [6.07, 6.45) is 0. The van der Waals surface area contributed by atoms with E-state index in [0.717, 1.165) is 71.5 Å². The molecule has 3 heterocycles. The Morgan fingerprint density at radius 3 is 1.46 bits per heavy atom. The fraction of sp³-hybridized carbons (Fsp3) is 0.222. The van der Waals surface area contributed by atoms with Gasteiger partial charge in [0.05, 0.1) is 33.1 Å². The molecule has 61 heavy (non-hydrogen) atoms. The molecular formula is C54H47N7. The molecule has 4 aliphatic rings. The molecular weight excluding hydrogens is 747 g/mol. The van der Waals surface area contributed by atoms with E-state index >= 15 is 0 Å². The molecule has 7 heteroatoms. The third kappa shape index (κ3) is 5.93. The van der Waals surface area contributed by atoms with Crippen LogP contribution in [-0.4, -0.2) is 17.0 Å². The zero-order valence-corrected chi connectivity index (χ0v) is 35.9. The lowest BCUT2D eigenvalue weighted by Crippen LogP contribution is -2.38. The van der Waals surface area contributed by atoms with E-state index in [9.17, 15) is 0 Å². The summed E-state index contributed by atoms with van der Waals surface area (Å²) in [7, 11) is 0. The van der Waals surface area contributed by atoms with Gasteiger partial charge in [-0.25, -0.2) is 0 Å². The van der Waals surface area contributed by atoms with E-state index in [1.807, 2.05) is 26.0 Å². The zero-order valence-electron chi connectivity index (χ0n) is 35.9. The largest absolute Gasteiger partial charge is 0.304 e. The van der Waals surface area contributed by atoms with Crippen molar-refractivity contribution in [1.29, 1.82) is 0 Å². The van der Waals surface area contributed by atoms with Gasteiger partial charge in [0.2, 0.25) is 0 Å². The monoisotopic (exact) mass is 793 g/mol. The van der Waals surface area contributed by atoms with Crippen LogP contribution in [-0.2, 0) is 5.41 Å². The first-order valence-corrected chi connectivity index (χ1v) is 21.2. The molecule has 0 amide bonds. The number of hydrogen-bond acceptors (Lipinski definition) is 7. The molecule has 0 radical (unpaired) electrons. The highest BCUT2D eigenvalue weighted by molar-refractivity contribution is 5.84. The molecule has 0 N–H and O–H groups in total. The van der Waals surface area contributed by atoms with Gasteiger partial charge in [0.25, 0.3) is 0 Å². The summed E-state index contributed by atoms with van der Waals surface area (Å²) in [6, 6.07) is 50.1. The second kappa shape index (κ2) is 12.8. The Bertz CT molecular complexity index is 3420. The number of rotatable bonds is 6. The van der Waals surface area contributed by atoms with Crippen LogP contribution in [0.1, 0.15) is 66.5 Å². The molecule has 7 nitrogen and oxygen atoms in total. The van der Waals surface area contributed by atoms with Crippen molar-refractivity contribution >= 4 is 17.1 Å². The van der Waals surface area contributed by atoms with Crippen molar-refractivity contribution in [3.8, 4) is 44.5 Å². The van der Waals surface area contributed by atoms with Crippen LogP contribution in [0.2, 0.25) is 0 Å². The van der Waals surface area contributed by atoms with Gasteiger partial charge in [-0.15, -0.1) is 0 Å². The van der Waals surface area contributed by atoms with E-state index in [4.69, 9.17) is 30.0 Å². The molecule has 3 aliphatic heterocycles. The first-order chi connectivity index (χ1) is 29.2. The second-order valence-electron chi connectivity index (χ2n) is 18.7. The topological polar surface area (TPSA) is 77.4 Å². The third-order valence-electron chi connectivity index (χ3n) is 12.5. The van der Waals surface area contributed by atoms with Crippen LogP contribution in [0.25, 0.3) is 44.5 Å². The standard InChI is InChI=1S/C54H47N7/c1-51(2)40-18-13-12-17-38(40)39-26-25-35(31-41(39)51)32-21-23-34(24-22-32)37-28-30-45(50-47(37)57-54(7,8)60-50)61(43-20-14-19-42-48(43)58-52(3,4)55-42)44-29-27-36(33-15-10-9-11-16-33)46-49(44)59-53(5,6)56-46/h9-31H,1-8H3. The van der Waals surface area contributed by atoms with Gasteiger partial charge in [0.15, 0.2) is 0 Å². The lowest BCUT2D eigenvalue weighted by atomic mass is 9.81. The van der Waals surface area contributed by atoms with Gasteiger partial charge in [-0.2, -0.15) is 0 Å². The number of para-hydroxylation sites is 1. The zero-order chi connectivity index (χ0) is 42.1. The normalized spacial score (nSPS) is 17.2. The minimum Gasteiger partial charge on any atom is -0.304 e. The molecule has 7 aromatic carbocycles. The summed E-state index contributed by atoms with van der Waals surface area (Å²) in [6.45, 7) is 17.0. The summed E-state index contributed by atoms with van der Waals surface area (Å²) in [5.41, 5.74) is 12.8. The summed E-state index contributed by atoms with van der Waals surface area (Å²) >= 11 is 0. The van der Waals surface area contributed by atoms with Gasteiger partial charge in [-0.05, 0) is 129 Å². The van der Waals surface area contributed by atoms with Gasteiger partial charge in [-0.1, -0.05) is 111 Å². The lowest BCUT2D eigenvalue weighted by Gasteiger charge is -2.26. The highest BCUT2D eigenvalue weighted by Crippen LogP contribution is 2.49. The van der Waals surface area contributed by atoms with Gasteiger partial charge >= 0.3 is 0 Å². The van der Waals surface area contributed by atoms with Crippen molar-refractivity contribution in [2.45, 2.75) is 77.8 Å². The maximum atomic E-state index is 5.36. The van der Waals surface area contributed by atoms with Gasteiger partial charge < -0.3 is 4.90 Å². The molecule has 0 spiro atoms. The summed E-state index contributed by atoms with van der Waals surface area (Å²) in [5.74, 6) is 0. The maximum Gasteiger partial charge on any atom is 0.146 e. The van der Waals surface area contributed by atoms with E-state index in [-0.39, 0.29) is 5.41 Å². The lowest BCUT2D eigenvalue weighted by molar-refractivity contribution is 0.549. The Kier molecular flexibility index (Phi) is 7.81. The van der Waals surface area contributed by atoms with Crippen molar-refractivity contribution in [2.24, 2.45) is 30.0 Å². The molecule has 0 atom stereocenters. The van der Waals surface area contributed by atoms with Crippen molar-refractivity contribution in [3.63, 3.8) is 0 Å². The van der Waals surface area contributed by atoms with Crippen LogP contribution in [0.15, 0.2) is 169 Å². The Labute approximate surface area is 355 Å². The number of anilines is 3. The summed E-state index contributed by atoms with van der Waals surface area (Å²) in [5, 5.41) is 5.10. The molecule has 0 aromatic heterocycles. The maximum absolute atomic E-state index is 5.36. The van der Waals surface area contributed by atoms with Gasteiger partial charge in [0, 0.05) is 16.5 Å². The first-order valence-electron chi connectivity index (χ1n) is 21.2. The van der Waals surface area contributed by atoms with E-state index < -0.39 is 17.0 Å². The molecule has 7 aromatic rings. The van der Waals surface area contributed by atoms with E-state index in [1.54, 1.807) is 0 Å². The van der Waals surface area contributed by atoms with Gasteiger partial charge in [0.1, 0.15) is 33.1 Å². The van der Waals surface area contributed by atoms with Crippen LogP contribution in [0, 0.1) is 0 Å². The van der Waals surface area contributed by atoms with E-state index in [0.29, 0.717) is 0 Å². The molecule has 11 rings (SSSR count). The predicted octanol–water partition coefficient (Wildman–Crippen LogP) is 9.43. The number of fused-ring (bicyclic) bond motifs is 6. The summed E-state index contributed by atoms with van der Waals surface area (Å²) < 4.78 is 0. The number of nitrogens with zero attached hydrogens (tertiary/aromatic N) is 7. The average Bonchev–Trinajstić information content (AvgIpc) is 3.93. The van der Waals surface area contributed by atoms with Crippen LogP contribution in [0.3, 0.4) is 0 Å². The molecule has 298 valence electrons. The minimum atomic E-state index is -0.672. The van der Waals surface area contributed by atoms with Gasteiger partial charge in [-0.3, -0.25) is 30.0 Å². The first kappa shape index (κ1) is 37.2. The average molecular weight is 794 g/mol. The highest BCUT2D eigenvalue weighted by Gasteiger charge is 2.35. The Balaban J connectivity index is 1.08. The quantitative estimate of drug-likeness (QED) is 0.165. The molecule has 1 aliphatic carbocycles. The van der Waals surface area contributed by atoms with Crippen LogP contribution < -0.4 is 37.0 Å². The Morgan fingerprint density at radius 1 is 0.328 bits per heavy atom. The van der Waals surface area contributed by atoms with E-state index in [2.05, 4.69) is 174 Å². The van der Waals surface area contributed by atoms with Crippen molar-refractivity contribution in [3.05, 3.63) is 183 Å². The number of benzene rings is 7. The Hall–Kier alpha value is -6.86. The summed E-state index contributed by atoms with van der Waals surface area (Å²) in [4.78, 5) is 33.7. The molecule has 0 saturated heterocycles. The highest BCUT2D eigenvalue weighted by atomic mass is 15.2. The second-order valence-corrected chi connectivity index (χ2v) is 18.7. The van der Waals surface area contributed by atoms with Crippen LogP contribution in [0.4, 0.5) is 17.1 Å². The van der Waals surface area contributed by atoms with Crippen LogP contribution >= 0.6 is 0 Å². The SMILES string of the molecule is CC1(C)N=c2cccc(N(c3ccc(-c4ccccc4)c4c3=NC(C)(C)N=4)c3ccc(-c4ccc(-c5ccc6c(c5)C(C)(C)c5ccccc5-6)cc4)c4c3=NC(C)(C)N=4)c2=N1. The smallest absolute Gasteiger partial charge is 0.146 e. The predicted molar refractivity (Wildman–Crippen MR) is 244 cm³/mol. The van der Waals surface area contributed by atoms with Crippen molar-refractivity contribution < 1.29 is 0 Å². The fourth-order valence-electron chi connectivity index (χ4n) is 9.79.